The van der Waals surface area contributed by atoms with E-state index >= 15 is 0 Å². The van der Waals surface area contributed by atoms with E-state index in [9.17, 15) is 4.79 Å². The molecule has 3 aromatic rings. The van der Waals surface area contributed by atoms with Crippen LogP contribution in [0.15, 0.2) is 40.8 Å². The maximum absolute atomic E-state index is 12.7. The molecule has 1 aliphatic heterocycles. The van der Waals surface area contributed by atoms with Crippen molar-refractivity contribution >= 4 is 34.2 Å². The highest BCUT2D eigenvalue weighted by molar-refractivity contribution is 6.34. The fraction of sp³-hybridized carbons (Fsp3) is 0.167. The summed E-state index contributed by atoms with van der Waals surface area (Å²) >= 11 is 6.21. The Balaban J connectivity index is 1.70. The number of halogens is 1. The topological polar surface area (TPSA) is 69.9 Å². The van der Waals surface area contributed by atoms with E-state index in [1.54, 1.807) is 25.3 Å². The van der Waals surface area contributed by atoms with Crippen molar-refractivity contribution < 1.29 is 23.4 Å². The zero-order valence-electron chi connectivity index (χ0n) is 13.3. The quantitative estimate of drug-likeness (QED) is 0.755. The zero-order chi connectivity index (χ0) is 17.4. The summed E-state index contributed by atoms with van der Waals surface area (Å²) in [5.74, 6) is 0.856. The number of hydrogen-bond donors (Lipinski definition) is 1. The third-order valence-electron chi connectivity index (χ3n) is 3.90. The van der Waals surface area contributed by atoms with E-state index in [0.717, 1.165) is 5.39 Å². The Morgan fingerprint density at radius 3 is 2.80 bits per heavy atom. The number of ether oxygens (including phenoxy) is 3. The summed E-state index contributed by atoms with van der Waals surface area (Å²) < 4.78 is 21.5. The normalized spacial score (nSPS) is 12.6. The molecular formula is C18H14ClNO5. The molecule has 1 amide bonds. The number of carbonyl (C=O) groups is 1. The molecule has 0 atom stereocenters. The Labute approximate surface area is 148 Å². The van der Waals surface area contributed by atoms with Crippen molar-refractivity contribution in [3.8, 4) is 11.5 Å². The number of para-hydroxylation sites is 1. The van der Waals surface area contributed by atoms with Crippen LogP contribution in [0.2, 0.25) is 5.02 Å². The van der Waals surface area contributed by atoms with E-state index in [1.165, 1.54) is 0 Å². The summed E-state index contributed by atoms with van der Waals surface area (Å²) in [6.45, 7) is 0.388. The second-order valence-corrected chi connectivity index (χ2v) is 5.89. The minimum atomic E-state index is -0.413. The molecule has 0 bridgehead atoms. The third kappa shape index (κ3) is 2.79. The summed E-state index contributed by atoms with van der Waals surface area (Å²) in [7, 11) is 1.57. The fourth-order valence-corrected chi connectivity index (χ4v) is 2.96. The summed E-state index contributed by atoms with van der Waals surface area (Å²) in [4.78, 5) is 12.7. The smallest absolute Gasteiger partial charge is 0.291 e. The SMILES string of the molecule is COCc1c(C(=O)Nc2cc3c(cc2Cl)OCO3)oc2ccccc12. The first kappa shape index (κ1) is 15.8. The van der Waals surface area contributed by atoms with Crippen LogP contribution < -0.4 is 14.8 Å². The van der Waals surface area contributed by atoms with Gasteiger partial charge in [-0.05, 0) is 6.07 Å². The minimum absolute atomic E-state index is 0.130. The molecule has 128 valence electrons. The van der Waals surface area contributed by atoms with Gasteiger partial charge in [-0.1, -0.05) is 29.8 Å². The van der Waals surface area contributed by atoms with Crippen molar-refractivity contribution in [3.63, 3.8) is 0 Å². The lowest BCUT2D eigenvalue weighted by atomic mass is 10.1. The van der Waals surface area contributed by atoms with Gasteiger partial charge in [-0.3, -0.25) is 4.79 Å². The van der Waals surface area contributed by atoms with E-state index in [-0.39, 0.29) is 19.2 Å². The van der Waals surface area contributed by atoms with Crippen LogP contribution in [0.4, 0.5) is 5.69 Å². The van der Waals surface area contributed by atoms with Crippen LogP contribution in [-0.2, 0) is 11.3 Å². The Bertz CT molecular complexity index is 965. The molecule has 4 rings (SSSR count). The number of nitrogens with one attached hydrogen (secondary N) is 1. The maximum atomic E-state index is 12.7. The predicted molar refractivity (Wildman–Crippen MR) is 92.5 cm³/mol. The van der Waals surface area contributed by atoms with Crippen LogP contribution in [-0.4, -0.2) is 19.8 Å². The van der Waals surface area contributed by atoms with Gasteiger partial charge in [-0.25, -0.2) is 0 Å². The molecule has 0 fully saturated rings. The highest BCUT2D eigenvalue weighted by atomic mass is 35.5. The Morgan fingerprint density at radius 2 is 2.00 bits per heavy atom. The molecule has 0 spiro atoms. The standard InChI is InChI=1S/C18H14ClNO5/c1-22-8-11-10-4-2-3-5-14(10)25-17(11)18(21)20-13-7-16-15(6-12(13)19)23-9-24-16/h2-7H,8-9H2,1H3,(H,20,21). The van der Waals surface area contributed by atoms with Crippen molar-refractivity contribution in [2.45, 2.75) is 6.61 Å². The van der Waals surface area contributed by atoms with Gasteiger partial charge in [0.25, 0.3) is 5.91 Å². The molecule has 2 aromatic carbocycles. The van der Waals surface area contributed by atoms with Crippen LogP contribution in [0.1, 0.15) is 16.1 Å². The maximum Gasteiger partial charge on any atom is 0.291 e. The molecule has 1 aromatic heterocycles. The Hall–Kier alpha value is -2.70. The third-order valence-corrected chi connectivity index (χ3v) is 4.22. The molecule has 2 heterocycles. The summed E-state index contributed by atoms with van der Waals surface area (Å²) in [6, 6.07) is 10.7. The van der Waals surface area contributed by atoms with Gasteiger partial charge in [-0.15, -0.1) is 0 Å². The molecule has 0 aliphatic carbocycles. The van der Waals surface area contributed by atoms with E-state index in [4.69, 9.17) is 30.2 Å². The first-order chi connectivity index (χ1) is 12.2. The van der Waals surface area contributed by atoms with E-state index in [1.807, 2.05) is 18.2 Å². The van der Waals surface area contributed by atoms with Gasteiger partial charge in [-0.2, -0.15) is 0 Å². The average Bonchev–Trinajstić information content (AvgIpc) is 3.20. The predicted octanol–water partition coefficient (Wildman–Crippen LogP) is 4.21. The largest absolute Gasteiger partial charge is 0.454 e. The van der Waals surface area contributed by atoms with Crippen molar-refractivity contribution in [1.82, 2.24) is 0 Å². The van der Waals surface area contributed by atoms with Crippen LogP contribution in [0.25, 0.3) is 11.0 Å². The van der Waals surface area contributed by atoms with Gasteiger partial charge in [0.05, 0.1) is 17.3 Å². The van der Waals surface area contributed by atoms with Gasteiger partial charge >= 0.3 is 0 Å². The molecule has 25 heavy (non-hydrogen) atoms. The number of fused-ring (bicyclic) bond motifs is 2. The number of carbonyl (C=O) groups excluding carboxylic acids is 1. The molecule has 0 unspecified atom stereocenters. The number of methoxy groups -OCH3 is 1. The second kappa shape index (κ2) is 6.31. The lowest BCUT2D eigenvalue weighted by Gasteiger charge is -2.08. The number of amides is 1. The van der Waals surface area contributed by atoms with Crippen LogP contribution in [0.3, 0.4) is 0 Å². The number of anilines is 1. The van der Waals surface area contributed by atoms with Gasteiger partial charge in [0.2, 0.25) is 6.79 Å². The lowest BCUT2D eigenvalue weighted by molar-refractivity contribution is 0.0992. The van der Waals surface area contributed by atoms with Gasteiger partial charge in [0, 0.05) is 30.2 Å². The van der Waals surface area contributed by atoms with Crippen LogP contribution >= 0.6 is 11.6 Å². The summed E-state index contributed by atoms with van der Waals surface area (Å²) in [5.41, 5.74) is 1.73. The summed E-state index contributed by atoms with van der Waals surface area (Å²) in [5, 5.41) is 3.95. The molecule has 1 N–H and O–H groups in total. The molecule has 1 aliphatic rings. The fourth-order valence-electron chi connectivity index (χ4n) is 2.76. The molecule has 0 saturated carbocycles. The van der Waals surface area contributed by atoms with E-state index in [0.29, 0.717) is 33.4 Å². The van der Waals surface area contributed by atoms with E-state index < -0.39 is 5.91 Å². The van der Waals surface area contributed by atoms with Crippen molar-refractivity contribution in [3.05, 3.63) is 52.7 Å². The Kier molecular flexibility index (Phi) is 3.99. The van der Waals surface area contributed by atoms with Crippen LogP contribution in [0.5, 0.6) is 11.5 Å². The number of benzene rings is 2. The molecular weight excluding hydrogens is 346 g/mol. The minimum Gasteiger partial charge on any atom is -0.454 e. The van der Waals surface area contributed by atoms with Crippen LogP contribution in [0, 0.1) is 0 Å². The number of rotatable bonds is 4. The first-order valence-corrected chi connectivity index (χ1v) is 7.95. The average molecular weight is 360 g/mol. The second-order valence-electron chi connectivity index (χ2n) is 5.48. The molecule has 7 heteroatoms. The monoisotopic (exact) mass is 359 g/mol. The van der Waals surface area contributed by atoms with Crippen molar-refractivity contribution in [2.24, 2.45) is 0 Å². The molecule has 0 radical (unpaired) electrons. The highest BCUT2D eigenvalue weighted by Gasteiger charge is 2.23. The van der Waals surface area contributed by atoms with E-state index in [2.05, 4.69) is 5.32 Å². The van der Waals surface area contributed by atoms with Crippen molar-refractivity contribution in [2.75, 3.05) is 19.2 Å². The lowest BCUT2D eigenvalue weighted by Crippen LogP contribution is -2.13. The zero-order valence-corrected chi connectivity index (χ0v) is 14.1. The number of hydrogen-bond acceptors (Lipinski definition) is 5. The molecule has 0 saturated heterocycles. The van der Waals surface area contributed by atoms with Gasteiger partial charge < -0.3 is 23.9 Å². The van der Waals surface area contributed by atoms with Crippen molar-refractivity contribution in [1.29, 1.82) is 0 Å². The van der Waals surface area contributed by atoms with Gasteiger partial charge in [0.15, 0.2) is 17.3 Å². The molecule has 6 nitrogen and oxygen atoms in total. The number of furan rings is 1. The van der Waals surface area contributed by atoms with Gasteiger partial charge in [0.1, 0.15) is 5.58 Å². The first-order valence-electron chi connectivity index (χ1n) is 7.57. The summed E-state index contributed by atoms with van der Waals surface area (Å²) in [6.07, 6.45) is 0. The highest BCUT2D eigenvalue weighted by Crippen LogP contribution is 2.39. The Morgan fingerprint density at radius 1 is 1.24 bits per heavy atom.